The molecule has 0 aliphatic carbocycles. The van der Waals surface area contributed by atoms with Crippen LogP contribution in [-0.2, 0) is 9.53 Å². The van der Waals surface area contributed by atoms with Crippen LogP contribution < -0.4 is 9.47 Å². The number of carbonyl (C=O) groups excluding carboxylic acids is 1. The van der Waals surface area contributed by atoms with E-state index in [1.165, 1.54) is 33.5 Å². The number of esters is 1. The molecule has 1 rings (SSSR count). The van der Waals surface area contributed by atoms with Gasteiger partial charge in [-0.3, -0.25) is 0 Å². The van der Waals surface area contributed by atoms with Crippen LogP contribution in [0.15, 0.2) is 17.7 Å². The van der Waals surface area contributed by atoms with Crippen molar-refractivity contribution in [3.05, 3.63) is 28.8 Å². The Labute approximate surface area is 121 Å². The number of methoxy groups -OCH3 is 3. The molecule has 0 saturated carbocycles. The SMILES string of the molecule is COC(=O)c1cc(/C=C(/C#N)C(=O)O)c(OC)cc1OC. The van der Waals surface area contributed by atoms with Crippen molar-refractivity contribution in [3.8, 4) is 17.6 Å². The molecule has 0 unspecified atom stereocenters. The highest BCUT2D eigenvalue weighted by Gasteiger charge is 2.18. The van der Waals surface area contributed by atoms with E-state index in [0.717, 1.165) is 6.08 Å². The molecule has 110 valence electrons. The van der Waals surface area contributed by atoms with Crippen molar-refractivity contribution in [1.82, 2.24) is 0 Å². The number of nitriles is 1. The number of benzene rings is 1. The van der Waals surface area contributed by atoms with Gasteiger partial charge in [0.25, 0.3) is 0 Å². The van der Waals surface area contributed by atoms with Crippen LogP contribution in [0, 0.1) is 11.3 Å². The van der Waals surface area contributed by atoms with Crippen LogP contribution >= 0.6 is 0 Å². The minimum atomic E-state index is -1.38. The molecule has 21 heavy (non-hydrogen) atoms. The summed E-state index contributed by atoms with van der Waals surface area (Å²) in [4.78, 5) is 22.6. The van der Waals surface area contributed by atoms with Crippen LogP contribution in [0.3, 0.4) is 0 Å². The average molecular weight is 291 g/mol. The molecule has 0 aliphatic rings. The van der Waals surface area contributed by atoms with E-state index in [0.29, 0.717) is 0 Å². The number of carboxylic acids is 1. The number of nitrogens with zero attached hydrogens (tertiary/aromatic N) is 1. The van der Waals surface area contributed by atoms with Gasteiger partial charge in [-0.1, -0.05) is 0 Å². The zero-order valence-corrected chi connectivity index (χ0v) is 11.7. The summed E-state index contributed by atoms with van der Waals surface area (Å²) in [5.41, 5.74) is -0.151. The lowest BCUT2D eigenvalue weighted by Crippen LogP contribution is -2.06. The fourth-order valence-corrected chi connectivity index (χ4v) is 1.60. The number of aliphatic carboxylic acids is 1. The first-order chi connectivity index (χ1) is 9.98. The number of carboxylic acid groups (broad SMARTS) is 1. The highest BCUT2D eigenvalue weighted by Crippen LogP contribution is 2.31. The lowest BCUT2D eigenvalue weighted by atomic mass is 10.1. The van der Waals surface area contributed by atoms with Gasteiger partial charge in [-0.2, -0.15) is 5.26 Å². The smallest absolute Gasteiger partial charge is 0.346 e. The zero-order chi connectivity index (χ0) is 16.0. The third-order valence-electron chi connectivity index (χ3n) is 2.61. The first kappa shape index (κ1) is 16.0. The lowest BCUT2D eigenvalue weighted by Gasteiger charge is -2.12. The van der Waals surface area contributed by atoms with E-state index < -0.39 is 17.5 Å². The molecule has 0 aliphatic heterocycles. The van der Waals surface area contributed by atoms with Crippen molar-refractivity contribution in [3.63, 3.8) is 0 Å². The van der Waals surface area contributed by atoms with Gasteiger partial charge in [-0.25, -0.2) is 9.59 Å². The Morgan fingerprint density at radius 2 is 1.81 bits per heavy atom. The molecule has 1 aromatic carbocycles. The van der Waals surface area contributed by atoms with Crippen LogP contribution in [0.2, 0.25) is 0 Å². The molecule has 0 saturated heterocycles. The van der Waals surface area contributed by atoms with E-state index in [1.54, 1.807) is 6.07 Å². The lowest BCUT2D eigenvalue weighted by molar-refractivity contribution is -0.132. The molecule has 0 atom stereocenters. The summed E-state index contributed by atoms with van der Waals surface area (Å²) in [6, 6.07) is 4.30. The number of rotatable bonds is 5. The van der Waals surface area contributed by atoms with Gasteiger partial charge in [0.2, 0.25) is 0 Å². The molecule has 1 aromatic rings. The molecule has 0 spiro atoms. The highest BCUT2D eigenvalue weighted by molar-refractivity contribution is 5.98. The number of hydrogen-bond acceptors (Lipinski definition) is 6. The van der Waals surface area contributed by atoms with Crippen LogP contribution in [0.25, 0.3) is 6.08 Å². The summed E-state index contributed by atoms with van der Waals surface area (Å²) in [7, 11) is 3.95. The van der Waals surface area contributed by atoms with Crippen molar-refractivity contribution in [2.75, 3.05) is 21.3 Å². The van der Waals surface area contributed by atoms with Gasteiger partial charge >= 0.3 is 11.9 Å². The summed E-state index contributed by atoms with van der Waals surface area (Å²) >= 11 is 0. The minimum Gasteiger partial charge on any atom is -0.496 e. The molecule has 0 aromatic heterocycles. The molecule has 0 fully saturated rings. The number of carbonyl (C=O) groups is 2. The molecular weight excluding hydrogens is 278 g/mol. The van der Waals surface area contributed by atoms with Crippen molar-refractivity contribution < 1.29 is 28.9 Å². The summed E-state index contributed by atoms with van der Waals surface area (Å²) < 4.78 is 14.8. The predicted octanol–water partition coefficient (Wildman–Crippen LogP) is 1.48. The first-order valence-corrected chi connectivity index (χ1v) is 5.67. The Bertz CT molecular complexity index is 642. The van der Waals surface area contributed by atoms with E-state index in [2.05, 4.69) is 4.74 Å². The maximum Gasteiger partial charge on any atom is 0.346 e. The summed E-state index contributed by atoms with van der Waals surface area (Å²) in [5, 5.41) is 17.7. The monoisotopic (exact) mass is 291 g/mol. The maximum atomic E-state index is 11.7. The predicted molar refractivity (Wildman–Crippen MR) is 72.1 cm³/mol. The Morgan fingerprint density at radius 1 is 1.19 bits per heavy atom. The molecule has 7 heteroatoms. The van der Waals surface area contributed by atoms with Gasteiger partial charge in [0, 0.05) is 11.6 Å². The second-order valence-electron chi connectivity index (χ2n) is 3.76. The van der Waals surface area contributed by atoms with E-state index >= 15 is 0 Å². The second kappa shape index (κ2) is 6.96. The van der Waals surface area contributed by atoms with Crippen LogP contribution in [0.5, 0.6) is 11.5 Å². The first-order valence-electron chi connectivity index (χ1n) is 5.67. The topological polar surface area (TPSA) is 106 Å². The zero-order valence-electron chi connectivity index (χ0n) is 11.7. The van der Waals surface area contributed by atoms with Crippen molar-refractivity contribution in [2.24, 2.45) is 0 Å². The highest BCUT2D eigenvalue weighted by atomic mass is 16.5. The largest absolute Gasteiger partial charge is 0.496 e. The van der Waals surface area contributed by atoms with Gasteiger partial charge in [-0.15, -0.1) is 0 Å². The van der Waals surface area contributed by atoms with E-state index in [4.69, 9.17) is 19.8 Å². The van der Waals surface area contributed by atoms with Gasteiger partial charge < -0.3 is 19.3 Å². The standard InChI is InChI=1S/C14H13NO6/c1-19-11-6-12(20-2)10(14(18)21-3)5-8(11)4-9(7-15)13(16)17/h4-6H,1-3H3,(H,16,17)/b9-4-. The van der Waals surface area contributed by atoms with Gasteiger partial charge in [-0.05, 0) is 12.1 Å². The molecule has 0 radical (unpaired) electrons. The average Bonchev–Trinajstić information content (AvgIpc) is 2.50. The Balaban J connectivity index is 3.54. The normalized spacial score (nSPS) is 10.5. The van der Waals surface area contributed by atoms with Crippen molar-refractivity contribution >= 4 is 18.0 Å². The summed E-state index contributed by atoms with van der Waals surface area (Å²) in [6.45, 7) is 0. The third kappa shape index (κ3) is 3.51. The molecule has 0 heterocycles. The van der Waals surface area contributed by atoms with Crippen LogP contribution in [0.1, 0.15) is 15.9 Å². The number of ether oxygens (including phenoxy) is 3. The molecule has 0 bridgehead atoms. The minimum absolute atomic E-state index is 0.0923. The number of hydrogen-bond donors (Lipinski definition) is 1. The van der Waals surface area contributed by atoms with Gasteiger partial charge in [0.1, 0.15) is 28.7 Å². The molecule has 0 amide bonds. The third-order valence-corrected chi connectivity index (χ3v) is 2.61. The van der Waals surface area contributed by atoms with Crippen LogP contribution in [0.4, 0.5) is 0 Å². The van der Waals surface area contributed by atoms with E-state index in [9.17, 15) is 9.59 Å². The van der Waals surface area contributed by atoms with E-state index in [-0.39, 0.29) is 22.6 Å². The van der Waals surface area contributed by atoms with E-state index in [1.807, 2.05) is 0 Å². The molecule has 7 nitrogen and oxygen atoms in total. The Kier molecular flexibility index (Phi) is 5.31. The van der Waals surface area contributed by atoms with Gasteiger partial charge in [0.15, 0.2) is 0 Å². The second-order valence-corrected chi connectivity index (χ2v) is 3.76. The Morgan fingerprint density at radius 3 is 2.24 bits per heavy atom. The molecule has 1 N–H and O–H groups in total. The molecular formula is C14H13NO6. The fourth-order valence-electron chi connectivity index (χ4n) is 1.60. The fraction of sp³-hybridized carbons (Fsp3) is 0.214. The summed E-state index contributed by atoms with van der Waals surface area (Å²) in [5.74, 6) is -1.56. The summed E-state index contributed by atoms with van der Waals surface area (Å²) in [6.07, 6.45) is 1.10. The van der Waals surface area contributed by atoms with Crippen molar-refractivity contribution in [2.45, 2.75) is 0 Å². The van der Waals surface area contributed by atoms with Crippen LogP contribution in [-0.4, -0.2) is 38.4 Å². The Hall–Kier alpha value is -3.01. The quantitative estimate of drug-likeness (QED) is 0.497. The van der Waals surface area contributed by atoms with Crippen molar-refractivity contribution in [1.29, 1.82) is 5.26 Å². The van der Waals surface area contributed by atoms with Gasteiger partial charge in [0.05, 0.1) is 21.3 Å². The maximum absolute atomic E-state index is 11.7.